The Kier molecular flexibility index (Phi) is 7.11. The van der Waals surface area contributed by atoms with Crippen molar-refractivity contribution >= 4 is 38.9 Å². The molecular weight excluding hydrogens is 448 g/mol. The number of carbonyl (C=O) groups is 1. The smallest absolute Gasteiger partial charge is 0.269 e. The van der Waals surface area contributed by atoms with Crippen LogP contribution in [0.25, 0.3) is 0 Å². The fourth-order valence-corrected chi connectivity index (χ4v) is 4.53. The molecule has 1 fully saturated rings. The lowest BCUT2D eigenvalue weighted by Crippen LogP contribution is -2.56. The highest BCUT2D eigenvalue weighted by Crippen LogP contribution is 2.21. The molecule has 2 aromatic carbocycles. The third kappa shape index (κ3) is 5.50. The fourth-order valence-electron chi connectivity index (χ4n) is 3.23. The summed E-state index contributed by atoms with van der Waals surface area (Å²) in [5.74, 6) is -0.525. The van der Waals surface area contributed by atoms with Crippen molar-refractivity contribution in [1.82, 2.24) is 9.62 Å². The van der Waals surface area contributed by atoms with Crippen LogP contribution in [0.1, 0.15) is 0 Å². The minimum absolute atomic E-state index is 0.00341. The Morgan fingerprint density at radius 1 is 1.10 bits per heavy atom. The van der Waals surface area contributed by atoms with Gasteiger partial charge in [0.05, 0.1) is 16.4 Å². The molecule has 1 heterocycles. The van der Waals surface area contributed by atoms with Crippen LogP contribution in [0, 0.1) is 10.1 Å². The fraction of sp³-hybridized carbons (Fsp3) is 0.316. The number of rotatable bonds is 7. The molecule has 12 heteroatoms. The second kappa shape index (κ2) is 9.60. The molecule has 0 unspecified atom stereocenters. The quantitative estimate of drug-likeness (QED) is 0.461. The second-order valence-corrected chi connectivity index (χ2v) is 9.05. The van der Waals surface area contributed by atoms with Crippen LogP contribution in [0.5, 0.6) is 0 Å². The largest absolute Gasteiger partial charge is 0.394 e. The SMILES string of the molecule is O=C([C@H](CO)NS(=O)(=O)c1ccc(Cl)cc1)N1CCN(c2ccc([N+](=O)[O-])cc2)CC1. The van der Waals surface area contributed by atoms with Gasteiger partial charge < -0.3 is 14.9 Å². The summed E-state index contributed by atoms with van der Waals surface area (Å²) in [6, 6.07) is 10.3. The van der Waals surface area contributed by atoms with Gasteiger partial charge in [0.15, 0.2) is 0 Å². The summed E-state index contributed by atoms with van der Waals surface area (Å²) in [6.07, 6.45) is 0. The molecule has 1 aliphatic rings. The van der Waals surface area contributed by atoms with Gasteiger partial charge in [0.2, 0.25) is 15.9 Å². The van der Waals surface area contributed by atoms with Crippen molar-refractivity contribution in [3.8, 4) is 0 Å². The van der Waals surface area contributed by atoms with Crippen LogP contribution in [0.4, 0.5) is 11.4 Å². The number of piperazine rings is 1. The Morgan fingerprint density at radius 2 is 1.68 bits per heavy atom. The predicted octanol–water partition coefficient (Wildman–Crippen LogP) is 1.24. The minimum Gasteiger partial charge on any atom is -0.394 e. The third-order valence-corrected chi connectivity index (χ3v) is 6.66. The lowest BCUT2D eigenvalue weighted by atomic mass is 10.2. The lowest BCUT2D eigenvalue weighted by molar-refractivity contribution is -0.384. The molecule has 0 aliphatic carbocycles. The van der Waals surface area contributed by atoms with Crippen LogP contribution < -0.4 is 9.62 Å². The number of halogens is 1. The molecule has 10 nitrogen and oxygen atoms in total. The monoisotopic (exact) mass is 468 g/mol. The molecule has 2 N–H and O–H groups in total. The normalized spacial score (nSPS) is 15.5. The summed E-state index contributed by atoms with van der Waals surface area (Å²) in [5, 5.41) is 20.8. The first kappa shape index (κ1) is 22.9. The van der Waals surface area contributed by atoms with E-state index in [1.165, 1.54) is 41.3 Å². The first-order valence-electron chi connectivity index (χ1n) is 9.38. The van der Waals surface area contributed by atoms with Crippen molar-refractivity contribution in [3.63, 3.8) is 0 Å². The molecule has 0 aromatic heterocycles. The van der Waals surface area contributed by atoms with Gasteiger partial charge in [0.25, 0.3) is 5.69 Å². The van der Waals surface area contributed by atoms with Crippen LogP contribution >= 0.6 is 11.6 Å². The molecule has 0 saturated carbocycles. The molecule has 1 aliphatic heterocycles. The molecule has 0 bridgehead atoms. The highest BCUT2D eigenvalue weighted by Gasteiger charge is 2.31. The van der Waals surface area contributed by atoms with Crippen molar-refractivity contribution in [1.29, 1.82) is 0 Å². The van der Waals surface area contributed by atoms with Gasteiger partial charge in [-0.05, 0) is 36.4 Å². The number of nitrogens with one attached hydrogen (secondary N) is 1. The number of nitro benzene ring substituents is 1. The number of nitro groups is 1. The number of hydrogen-bond donors (Lipinski definition) is 2. The van der Waals surface area contributed by atoms with Crippen molar-refractivity contribution in [2.45, 2.75) is 10.9 Å². The molecule has 0 radical (unpaired) electrons. The number of anilines is 1. The van der Waals surface area contributed by atoms with Gasteiger partial charge >= 0.3 is 0 Å². The Balaban J connectivity index is 1.61. The van der Waals surface area contributed by atoms with Gasteiger partial charge in [-0.2, -0.15) is 4.72 Å². The van der Waals surface area contributed by atoms with Crippen LogP contribution in [-0.4, -0.2) is 68.1 Å². The third-order valence-electron chi connectivity index (χ3n) is 4.92. The average molecular weight is 469 g/mol. The second-order valence-electron chi connectivity index (χ2n) is 6.90. The standard InChI is InChI=1S/C19H21ClN4O6S/c20-14-1-7-17(8-2-14)31(29,30)21-18(13-25)19(26)23-11-9-22(10-12-23)15-3-5-16(6-4-15)24(27)28/h1-8,18,21,25H,9-13H2/t18-/m0/s1. The number of non-ortho nitro benzene ring substituents is 1. The first-order chi connectivity index (χ1) is 14.7. The maximum Gasteiger partial charge on any atom is 0.269 e. The van der Waals surface area contributed by atoms with Gasteiger partial charge in [0.1, 0.15) is 6.04 Å². The molecule has 3 rings (SSSR count). The van der Waals surface area contributed by atoms with E-state index in [2.05, 4.69) is 4.72 Å². The van der Waals surface area contributed by atoms with Crippen LogP contribution in [0.2, 0.25) is 5.02 Å². The molecule has 1 saturated heterocycles. The van der Waals surface area contributed by atoms with Gasteiger partial charge in [0, 0.05) is 49.0 Å². The Hall–Kier alpha value is -2.73. The van der Waals surface area contributed by atoms with E-state index in [0.717, 1.165) is 5.69 Å². The Morgan fingerprint density at radius 3 is 2.19 bits per heavy atom. The number of nitrogens with zero attached hydrogens (tertiary/aromatic N) is 3. The number of carbonyl (C=O) groups excluding carboxylic acids is 1. The van der Waals surface area contributed by atoms with Gasteiger partial charge in [-0.25, -0.2) is 8.42 Å². The summed E-state index contributed by atoms with van der Waals surface area (Å²) in [6.45, 7) is 0.871. The number of sulfonamides is 1. The maximum atomic E-state index is 12.8. The van der Waals surface area contributed by atoms with E-state index in [0.29, 0.717) is 31.2 Å². The van der Waals surface area contributed by atoms with E-state index in [-0.39, 0.29) is 10.6 Å². The molecule has 0 spiro atoms. The molecule has 2 aromatic rings. The van der Waals surface area contributed by atoms with E-state index in [1.807, 2.05) is 4.90 Å². The lowest BCUT2D eigenvalue weighted by Gasteiger charge is -2.37. The number of aliphatic hydroxyl groups excluding tert-OH is 1. The van der Waals surface area contributed by atoms with Crippen molar-refractivity contribution in [2.24, 2.45) is 0 Å². The highest BCUT2D eigenvalue weighted by molar-refractivity contribution is 7.89. The van der Waals surface area contributed by atoms with E-state index < -0.39 is 33.5 Å². The van der Waals surface area contributed by atoms with E-state index >= 15 is 0 Å². The van der Waals surface area contributed by atoms with E-state index in [9.17, 15) is 28.4 Å². The number of hydrogen-bond acceptors (Lipinski definition) is 7. The highest BCUT2D eigenvalue weighted by atomic mass is 35.5. The molecule has 31 heavy (non-hydrogen) atoms. The summed E-state index contributed by atoms with van der Waals surface area (Å²) in [5.41, 5.74) is 0.788. The predicted molar refractivity (Wildman–Crippen MR) is 115 cm³/mol. The van der Waals surface area contributed by atoms with Gasteiger partial charge in [-0.3, -0.25) is 14.9 Å². The minimum atomic E-state index is -4.02. The summed E-state index contributed by atoms with van der Waals surface area (Å²) in [7, 11) is -4.02. The average Bonchev–Trinajstić information content (AvgIpc) is 2.77. The zero-order chi connectivity index (χ0) is 22.6. The van der Waals surface area contributed by atoms with Crippen LogP contribution in [-0.2, 0) is 14.8 Å². The maximum absolute atomic E-state index is 12.8. The molecule has 1 atom stereocenters. The van der Waals surface area contributed by atoms with Crippen molar-refractivity contribution < 1.29 is 23.2 Å². The molecule has 1 amide bonds. The van der Waals surface area contributed by atoms with Crippen molar-refractivity contribution in [2.75, 3.05) is 37.7 Å². The molecule has 166 valence electrons. The van der Waals surface area contributed by atoms with Crippen molar-refractivity contribution in [3.05, 3.63) is 63.7 Å². The van der Waals surface area contributed by atoms with Gasteiger partial charge in [-0.1, -0.05) is 11.6 Å². The summed E-state index contributed by atoms with van der Waals surface area (Å²) >= 11 is 5.77. The van der Waals surface area contributed by atoms with Crippen LogP contribution in [0.3, 0.4) is 0 Å². The first-order valence-corrected chi connectivity index (χ1v) is 11.2. The number of benzene rings is 2. The van der Waals surface area contributed by atoms with E-state index in [1.54, 1.807) is 12.1 Å². The summed E-state index contributed by atoms with van der Waals surface area (Å²) < 4.78 is 27.3. The van der Waals surface area contributed by atoms with Gasteiger partial charge in [-0.15, -0.1) is 0 Å². The summed E-state index contributed by atoms with van der Waals surface area (Å²) in [4.78, 5) is 26.5. The molecular formula is C19H21ClN4O6S. The van der Waals surface area contributed by atoms with Crippen LogP contribution in [0.15, 0.2) is 53.4 Å². The van der Waals surface area contributed by atoms with E-state index in [4.69, 9.17) is 11.6 Å². The Labute approximate surface area is 184 Å². The number of aliphatic hydroxyl groups is 1. The zero-order valence-electron chi connectivity index (χ0n) is 16.3. The zero-order valence-corrected chi connectivity index (χ0v) is 17.9. The Bertz CT molecular complexity index is 1040. The topological polar surface area (TPSA) is 133 Å². The number of amides is 1.